The highest BCUT2D eigenvalue weighted by atomic mass is 35.5. The van der Waals surface area contributed by atoms with Gasteiger partial charge < -0.3 is 5.11 Å². The zero-order chi connectivity index (χ0) is 13.9. The number of aromatic nitrogens is 1. The van der Waals surface area contributed by atoms with Crippen molar-refractivity contribution in [2.75, 3.05) is 13.1 Å². The Morgan fingerprint density at radius 2 is 2.16 bits per heavy atom. The van der Waals surface area contributed by atoms with E-state index in [0.717, 1.165) is 25.1 Å². The number of halogens is 1. The molecule has 0 aromatic carbocycles. The quantitative estimate of drug-likeness (QED) is 0.902. The summed E-state index contributed by atoms with van der Waals surface area (Å²) in [6, 6.07) is 1.89. The van der Waals surface area contributed by atoms with E-state index < -0.39 is 6.10 Å². The molecule has 0 aliphatic carbocycles. The summed E-state index contributed by atoms with van der Waals surface area (Å²) in [5.41, 5.74) is 0.811. The fourth-order valence-electron chi connectivity index (χ4n) is 2.90. The van der Waals surface area contributed by atoms with E-state index in [1.165, 1.54) is 12.8 Å². The summed E-state index contributed by atoms with van der Waals surface area (Å²) in [5.74, 6) is 0. The molecule has 0 bridgehead atoms. The Bertz CT molecular complexity index is 420. The second-order valence-corrected chi connectivity index (χ2v) is 6.00. The molecule has 1 fully saturated rings. The molecule has 1 N–H and O–H groups in total. The first-order valence-electron chi connectivity index (χ1n) is 7.09. The fraction of sp³-hybridized carbons (Fsp3) is 0.667. The summed E-state index contributed by atoms with van der Waals surface area (Å²) in [6.45, 7) is 6.49. The zero-order valence-corrected chi connectivity index (χ0v) is 12.5. The van der Waals surface area contributed by atoms with Crippen LogP contribution in [0.2, 0.25) is 5.02 Å². The molecule has 2 unspecified atom stereocenters. The van der Waals surface area contributed by atoms with Gasteiger partial charge in [0.15, 0.2) is 0 Å². The van der Waals surface area contributed by atoms with Crippen LogP contribution in [0.3, 0.4) is 0 Å². The Morgan fingerprint density at radius 1 is 1.47 bits per heavy atom. The second-order valence-electron chi connectivity index (χ2n) is 5.59. The van der Waals surface area contributed by atoms with Crippen molar-refractivity contribution in [1.29, 1.82) is 0 Å². The predicted molar refractivity (Wildman–Crippen MR) is 78.5 cm³/mol. The van der Waals surface area contributed by atoms with Crippen molar-refractivity contribution in [2.24, 2.45) is 0 Å². The predicted octanol–water partition coefficient (Wildman–Crippen LogP) is 2.90. The highest BCUT2D eigenvalue weighted by molar-refractivity contribution is 6.31. The van der Waals surface area contributed by atoms with Gasteiger partial charge >= 0.3 is 0 Å². The van der Waals surface area contributed by atoms with Gasteiger partial charge in [-0.25, -0.2) is 0 Å². The molecule has 3 nitrogen and oxygen atoms in total. The summed E-state index contributed by atoms with van der Waals surface area (Å²) in [5, 5.41) is 11.3. The third kappa shape index (κ3) is 3.10. The van der Waals surface area contributed by atoms with E-state index in [1.54, 1.807) is 12.4 Å². The lowest BCUT2D eigenvalue weighted by atomic mass is 9.86. The Hall–Kier alpha value is -0.640. The first-order chi connectivity index (χ1) is 9.08. The molecule has 106 valence electrons. The molecule has 2 atom stereocenters. The van der Waals surface area contributed by atoms with Crippen LogP contribution in [-0.2, 0) is 6.42 Å². The summed E-state index contributed by atoms with van der Waals surface area (Å²) in [6.07, 6.45) is 6.96. The van der Waals surface area contributed by atoms with E-state index in [1.807, 2.05) is 6.07 Å². The highest BCUT2D eigenvalue weighted by Crippen LogP contribution is 2.30. The summed E-state index contributed by atoms with van der Waals surface area (Å²) in [7, 11) is 0. The summed E-state index contributed by atoms with van der Waals surface area (Å²) in [4.78, 5) is 6.41. The van der Waals surface area contributed by atoms with Crippen LogP contribution in [0, 0.1) is 0 Å². The summed E-state index contributed by atoms with van der Waals surface area (Å²) < 4.78 is 0. The molecular formula is C15H23ClN2O. The maximum Gasteiger partial charge on any atom is 0.0761 e. The minimum atomic E-state index is -0.407. The number of aliphatic hydroxyl groups is 1. The molecule has 1 saturated heterocycles. The summed E-state index contributed by atoms with van der Waals surface area (Å²) >= 11 is 6.13. The van der Waals surface area contributed by atoms with Crippen LogP contribution < -0.4 is 0 Å². The van der Waals surface area contributed by atoms with Crippen molar-refractivity contribution in [2.45, 2.75) is 51.2 Å². The van der Waals surface area contributed by atoms with Gasteiger partial charge in [-0.3, -0.25) is 9.88 Å². The Balaban J connectivity index is 2.12. The van der Waals surface area contributed by atoms with Crippen LogP contribution in [0.4, 0.5) is 0 Å². The topological polar surface area (TPSA) is 36.4 Å². The highest BCUT2D eigenvalue weighted by Gasteiger charge is 2.38. The Labute approximate surface area is 120 Å². The molecule has 0 spiro atoms. The molecule has 1 aliphatic heterocycles. The molecule has 0 radical (unpaired) electrons. The molecule has 1 aromatic rings. The van der Waals surface area contributed by atoms with Crippen LogP contribution in [0.25, 0.3) is 0 Å². The maximum absolute atomic E-state index is 10.7. The largest absolute Gasteiger partial charge is 0.391 e. The average Bonchev–Trinajstić information content (AvgIpc) is 2.95. The average molecular weight is 283 g/mol. The van der Waals surface area contributed by atoms with Gasteiger partial charge in [-0.05, 0) is 50.9 Å². The molecule has 2 rings (SSSR count). The first kappa shape index (κ1) is 14.8. The van der Waals surface area contributed by atoms with Crippen molar-refractivity contribution >= 4 is 11.6 Å². The number of nitrogens with zero attached hydrogens (tertiary/aromatic N) is 2. The zero-order valence-electron chi connectivity index (χ0n) is 11.8. The lowest BCUT2D eigenvalue weighted by Gasteiger charge is -2.42. The lowest BCUT2D eigenvalue weighted by molar-refractivity contribution is -0.0117. The van der Waals surface area contributed by atoms with Crippen molar-refractivity contribution in [3.8, 4) is 0 Å². The van der Waals surface area contributed by atoms with Gasteiger partial charge in [0.1, 0.15) is 0 Å². The van der Waals surface area contributed by atoms with Crippen molar-refractivity contribution in [3.05, 3.63) is 29.0 Å². The van der Waals surface area contributed by atoms with Gasteiger partial charge in [0.05, 0.1) is 11.1 Å². The standard InChI is InChI=1S/C15H23ClN2O/c1-3-15(2,18-8-4-5-9-18)14(19)10-12-6-7-17-11-13(12)16/h6-7,11,14,19H,3-5,8-10H2,1-2H3. The fourth-order valence-corrected chi connectivity index (χ4v) is 3.09. The number of rotatable bonds is 5. The molecule has 0 saturated carbocycles. The Kier molecular flexibility index (Phi) is 4.82. The second kappa shape index (κ2) is 6.21. The van der Waals surface area contributed by atoms with E-state index >= 15 is 0 Å². The lowest BCUT2D eigenvalue weighted by Crippen LogP contribution is -2.53. The third-order valence-corrected chi connectivity index (χ3v) is 4.87. The molecule has 0 amide bonds. The van der Waals surface area contributed by atoms with E-state index in [0.29, 0.717) is 11.4 Å². The number of likely N-dealkylation sites (tertiary alicyclic amines) is 1. The normalized spacial score (nSPS) is 21.3. The maximum atomic E-state index is 10.7. The van der Waals surface area contributed by atoms with Crippen LogP contribution in [-0.4, -0.2) is 39.7 Å². The van der Waals surface area contributed by atoms with Gasteiger partial charge in [-0.2, -0.15) is 0 Å². The minimum absolute atomic E-state index is 0.164. The number of aliphatic hydroxyl groups excluding tert-OH is 1. The monoisotopic (exact) mass is 282 g/mol. The number of pyridine rings is 1. The molecule has 1 aromatic heterocycles. The van der Waals surface area contributed by atoms with Gasteiger partial charge in [-0.15, -0.1) is 0 Å². The van der Waals surface area contributed by atoms with Crippen LogP contribution >= 0.6 is 11.6 Å². The van der Waals surface area contributed by atoms with Crippen molar-refractivity contribution < 1.29 is 5.11 Å². The van der Waals surface area contributed by atoms with E-state index in [4.69, 9.17) is 11.6 Å². The minimum Gasteiger partial charge on any atom is -0.391 e. The van der Waals surface area contributed by atoms with Gasteiger partial charge in [0.2, 0.25) is 0 Å². The molecule has 2 heterocycles. The number of hydrogen-bond donors (Lipinski definition) is 1. The third-order valence-electron chi connectivity index (χ3n) is 4.53. The van der Waals surface area contributed by atoms with Crippen LogP contribution in [0.5, 0.6) is 0 Å². The molecule has 19 heavy (non-hydrogen) atoms. The smallest absolute Gasteiger partial charge is 0.0761 e. The molecular weight excluding hydrogens is 260 g/mol. The van der Waals surface area contributed by atoms with Crippen LogP contribution in [0.1, 0.15) is 38.7 Å². The van der Waals surface area contributed by atoms with Gasteiger partial charge in [-0.1, -0.05) is 18.5 Å². The van der Waals surface area contributed by atoms with E-state index in [2.05, 4.69) is 23.7 Å². The van der Waals surface area contributed by atoms with Crippen LogP contribution in [0.15, 0.2) is 18.5 Å². The van der Waals surface area contributed by atoms with E-state index in [-0.39, 0.29) is 5.54 Å². The number of hydrogen-bond acceptors (Lipinski definition) is 3. The van der Waals surface area contributed by atoms with E-state index in [9.17, 15) is 5.11 Å². The van der Waals surface area contributed by atoms with Crippen molar-refractivity contribution in [3.63, 3.8) is 0 Å². The molecule has 4 heteroatoms. The molecule has 1 aliphatic rings. The Morgan fingerprint density at radius 3 is 2.74 bits per heavy atom. The van der Waals surface area contributed by atoms with Gasteiger partial charge in [0, 0.05) is 24.4 Å². The first-order valence-corrected chi connectivity index (χ1v) is 7.47. The van der Waals surface area contributed by atoms with Gasteiger partial charge in [0.25, 0.3) is 0 Å². The van der Waals surface area contributed by atoms with Crippen molar-refractivity contribution in [1.82, 2.24) is 9.88 Å². The SMILES string of the molecule is CCC(C)(C(O)Cc1ccncc1Cl)N1CCCC1.